The molecule has 0 aromatic rings. The minimum Gasteiger partial charge on any atom is -0.480 e. The summed E-state index contributed by atoms with van der Waals surface area (Å²) in [6.07, 6.45) is 3.11. The maximum absolute atomic E-state index is 11.2. The number of hydrogen-bond acceptors (Lipinski definition) is 3. The van der Waals surface area contributed by atoms with E-state index in [-0.39, 0.29) is 0 Å². The van der Waals surface area contributed by atoms with Crippen LogP contribution in [0.3, 0.4) is 0 Å². The zero-order valence-corrected chi connectivity index (χ0v) is 11.5. The number of nitrogens with zero attached hydrogens (tertiary/aromatic N) is 1. The Hall–Kier alpha value is -0.610. The highest BCUT2D eigenvalue weighted by molar-refractivity contribution is 5.78. The summed E-state index contributed by atoms with van der Waals surface area (Å²) in [6.45, 7) is 8.25. The molecule has 100 valence electrons. The topological polar surface area (TPSA) is 52.6 Å². The van der Waals surface area contributed by atoms with Crippen LogP contribution in [0.1, 0.15) is 40.0 Å². The van der Waals surface area contributed by atoms with E-state index in [1.165, 1.54) is 12.8 Å². The van der Waals surface area contributed by atoms with E-state index in [2.05, 4.69) is 24.1 Å². The lowest BCUT2D eigenvalue weighted by Gasteiger charge is -2.38. The van der Waals surface area contributed by atoms with Gasteiger partial charge in [-0.15, -0.1) is 0 Å². The van der Waals surface area contributed by atoms with Crippen molar-refractivity contribution in [2.75, 3.05) is 20.1 Å². The second-order valence-corrected chi connectivity index (χ2v) is 5.65. The van der Waals surface area contributed by atoms with Gasteiger partial charge in [-0.2, -0.15) is 0 Å². The van der Waals surface area contributed by atoms with Crippen molar-refractivity contribution in [3.8, 4) is 0 Å². The van der Waals surface area contributed by atoms with Crippen LogP contribution in [0.2, 0.25) is 0 Å². The zero-order valence-electron chi connectivity index (χ0n) is 11.5. The molecular weight excluding hydrogens is 216 g/mol. The van der Waals surface area contributed by atoms with Crippen molar-refractivity contribution < 1.29 is 9.90 Å². The molecule has 0 aliphatic carbocycles. The van der Waals surface area contributed by atoms with Gasteiger partial charge in [0.1, 0.15) is 5.54 Å². The molecule has 1 rings (SSSR count). The normalized spacial score (nSPS) is 29.9. The lowest BCUT2D eigenvalue weighted by atomic mass is 9.91. The Bertz CT molecular complexity index is 270. The van der Waals surface area contributed by atoms with Gasteiger partial charge in [0.25, 0.3) is 0 Å². The van der Waals surface area contributed by atoms with Gasteiger partial charge < -0.3 is 15.3 Å². The standard InChI is InChI=1S/C13H26N2O2/c1-10-5-7-15(11(2)9-10)8-6-13(3,14-4)12(16)17/h10-11,14H,5-9H2,1-4H3,(H,16,17). The molecule has 4 heteroatoms. The van der Waals surface area contributed by atoms with Crippen molar-refractivity contribution in [1.82, 2.24) is 10.2 Å². The van der Waals surface area contributed by atoms with E-state index in [0.29, 0.717) is 12.5 Å². The lowest BCUT2D eigenvalue weighted by Crippen LogP contribution is -2.51. The predicted octanol–water partition coefficient (Wildman–Crippen LogP) is 1.56. The fraction of sp³-hybridized carbons (Fsp3) is 0.923. The van der Waals surface area contributed by atoms with Gasteiger partial charge in [-0.3, -0.25) is 4.79 Å². The second kappa shape index (κ2) is 5.83. The number of aliphatic carboxylic acids is 1. The quantitative estimate of drug-likeness (QED) is 0.768. The van der Waals surface area contributed by atoms with E-state index in [1.54, 1.807) is 14.0 Å². The molecule has 0 bridgehead atoms. The summed E-state index contributed by atoms with van der Waals surface area (Å²) in [7, 11) is 1.72. The van der Waals surface area contributed by atoms with Gasteiger partial charge in [0, 0.05) is 12.6 Å². The average Bonchev–Trinajstić information content (AvgIpc) is 2.27. The summed E-state index contributed by atoms with van der Waals surface area (Å²) in [4.78, 5) is 13.6. The third-order valence-electron chi connectivity index (χ3n) is 4.20. The fourth-order valence-corrected chi connectivity index (χ4v) is 2.49. The summed E-state index contributed by atoms with van der Waals surface area (Å²) < 4.78 is 0. The first-order valence-electron chi connectivity index (χ1n) is 6.55. The van der Waals surface area contributed by atoms with Crippen LogP contribution in [-0.4, -0.2) is 47.7 Å². The Morgan fingerprint density at radius 3 is 2.65 bits per heavy atom. The van der Waals surface area contributed by atoms with Crippen molar-refractivity contribution in [3.05, 3.63) is 0 Å². The van der Waals surface area contributed by atoms with Crippen LogP contribution in [0, 0.1) is 5.92 Å². The molecule has 4 nitrogen and oxygen atoms in total. The SMILES string of the molecule is CNC(C)(CCN1CCC(C)CC1C)C(=O)O. The summed E-state index contributed by atoms with van der Waals surface area (Å²) >= 11 is 0. The van der Waals surface area contributed by atoms with Crippen molar-refractivity contribution in [3.63, 3.8) is 0 Å². The Balaban J connectivity index is 2.47. The number of piperidine rings is 1. The summed E-state index contributed by atoms with van der Waals surface area (Å²) in [5.74, 6) is 0.0365. The number of carbonyl (C=O) groups is 1. The highest BCUT2D eigenvalue weighted by Gasteiger charge is 2.32. The Morgan fingerprint density at radius 1 is 1.53 bits per heavy atom. The van der Waals surface area contributed by atoms with E-state index in [4.69, 9.17) is 0 Å². The van der Waals surface area contributed by atoms with Crippen molar-refractivity contribution in [1.29, 1.82) is 0 Å². The Morgan fingerprint density at radius 2 is 2.18 bits per heavy atom. The molecule has 1 fully saturated rings. The van der Waals surface area contributed by atoms with Gasteiger partial charge in [0.2, 0.25) is 0 Å². The molecule has 0 aromatic heterocycles. The molecule has 2 N–H and O–H groups in total. The molecule has 1 aliphatic heterocycles. The first-order valence-corrected chi connectivity index (χ1v) is 6.55. The number of nitrogens with one attached hydrogen (secondary N) is 1. The number of carboxylic acid groups (broad SMARTS) is 1. The predicted molar refractivity (Wildman–Crippen MR) is 69.2 cm³/mol. The molecule has 3 atom stereocenters. The van der Waals surface area contributed by atoms with Crippen LogP contribution in [0.4, 0.5) is 0 Å². The van der Waals surface area contributed by atoms with E-state index >= 15 is 0 Å². The zero-order chi connectivity index (χ0) is 13.1. The molecule has 0 aromatic carbocycles. The minimum atomic E-state index is -0.803. The van der Waals surface area contributed by atoms with E-state index < -0.39 is 11.5 Å². The Labute approximate surface area is 104 Å². The molecule has 0 amide bonds. The number of rotatable bonds is 5. The summed E-state index contributed by atoms with van der Waals surface area (Å²) in [6, 6.07) is 0.577. The van der Waals surface area contributed by atoms with Gasteiger partial charge in [0.15, 0.2) is 0 Å². The van der Waals surface area contributed by atoms with Gasteiger partial charge in [-0.25, -0.2) is 0 Å². The molecular formula is C13H26N2O2. The minimum absolute atomic E-state index is 0.577. The van der Waals surface area contributed by atoms with Crippen LogP contribution >= 0.6 is 0 Å². The third-order valence-corrected chi connectivity index (χ3v) is 4.20. The molecule has 0 radical (unpaired) electrons. The lowest BCUT2D eigenvalue weighted by molar-refractivity contribution is -0.144. The van der Waals surface area contributed by atoms with Crippen LogP contribution in [0.5, 0.6) is 0 Å². The van der Waals surface area contributed by atoms with Crippen LogP contribution in [-0.2, 0) is 4.79 Å². The molecule has 0 spiro atoms. The molecule has 17 heavy (non-hydrogen) atoms. The number of likely N-dealkylation sites (tertiary alicyclic amines) is 1. The molecule has 0 saturated carbocycles. The molecule has 1 heterocycles. The number of likely N-dealkylation sites (N-methyl/N-ethyl adjacent to an activating group) is 1. The van der Waals surface area contributed by atoms with Gasteiger partial charge in [0.05, 0.1) is 0 Å². The number of carboxylic acids is 1. The monoisotopic (exact) mass is 242 g/mol. The van der Waals surface area contributed by atoms with E-state index in [1.807, 2.05) is 0 Å². The average molecular weight is 242 g/mol. The summed E-state index contributed by atoms with van der Waals surface area (Å²) in [5.41, 5.74) is -0.803. The maximum Gasteiger partial charge on any atom is 0.323 e. The molecule has 3 unspecified atom stereocenters. The van der Waals surface area contributed by atoms with Gasteiger partial charge in [-0.1, -0.05) is 6.92 Å². The first kappa shape index (κ1) is 14.5. The third kappa shape index (κ3) is 3.68. The second-order valence-electron chi connectivity index (χ2n) is 5.65. The van der Waals surface area contributed by atoms with Gasteiger partial charge >= 0.3 is 5.97 Å². The molecule has 1 saturated heterocycles. The smallest absolute Gasteiger partial charge is 0.323 e. The van der Waals surface area contributed by atoms with Crippen molar-refractivity contribution in [2.45, 2.75) is 51.6 Å². The first-order chi connectivity index (χ1) is 7.89. The van der Waals surface area contributed by atoms with Crippen molar-refractivity contribution in [2.24, 2.45) is 5.92 Å². The van der Waals surface area contributed by atoms with E-state index in [0.717, 1.165) is 19.0 Å². The van der Waals surface area contributed by atoms with Gasteiger partial charge in [-0.05, 0) is 52.6 Å². The van der Waals surface area contributed by atoms with Crippen LogP contribution in [0.15, 0.2) is 0 Å². The Kier molecular flexibility index (Phi) is 4.95. The maximum atomic E-state index is 11.2. The van der Waals surface area contributed by atoms with E-state index in [9.17, 15) is 9.90 Å². The van der Waals surface area contributed by atoms with Crippen LogP contribution in [0.25, 0.3) is 0 Å². The highest BCUT2D eigenvalue weighted by Crippen LogP contribution is 2.23. The fourth-order valence-electron chi connectivity index (χ4n) is 2.49. The largest absolute Gasteiger partial charge is 0.480 e. The van der Waals surface area contributed by atoms with Crippen LogP contribution < -0.4 is 5.32 Å². The van der Waals surface area contributed by atoms with Crippen molar-refractivity contribution >= 4 is 5.97 Å². The highest BCUT2D eigenvalue weighted by atomic mass is 16.4. The number of hydrogen-bond donors (Lipinski definition) is 2. The molecule has 1 aliphatic rings. The summed E-state index contributed by atoms with van der Waals surface area (Å²) in [5, 5.41) is 12.1.